The average Bonchev–Trinajstić information content (AvgIpc) is 2.60. The Morgan fingerprint density at radius 1 is 1.21 bits per heavy atom. The molecule has 0 amide bonds. The first-order valence-electron chi connectivity index (χ1n) is 7.72. The molecular weight excluding hydrogens is 324 g/mol. The highest BCUT2D eigenvalue weighted by Crippen LogP contribution is 2.29. The van der Waals surface area contributed by atoms with Gasteiger partial charge in [0.05, 0.1) is 17.8 Å². The maximum Gasteiger partial charge on any atom is 0.341 e. The number of ether oxygens (including phenoxy) is 1. The third-order valence-corrected chi connectivity index (χ3v) is 3.87. The van der Waals surface area contributed by atoms with Gasteiger partial charge in [0.25, 0.3) is 0 Å². The van der Waals surface area contributed by atoms with Crippen molar-refractivity contribution in [1.29, 1.82) is 0 Å². The zero-order valence-electron chi connectivity index (χ0n) is 13.3. The van der Waals surface area contributed by atoms with Crippen LogP contribution in [0.2, 0.25) is 5.02 Å². The fourth-order valence-electron chi connectivity index (χ4n) is 2.51. The summed E-state index contributed by atoms with van der Waals surface area (Å²) >= 11 is 6.13. The summed E-state index contributed by atoms with van der Waals surface area (Å²) in [4.78, 5) is 16.6. The standard InChI is InChI=1S/C19H17ClN2O2/c1-2-24-19(23)16-12-21-17-9-8-14(20)10-15(17)18(16)22-11-13-6-4-3-5-7-13/h3-10,12H,2,11H2,1H3,(H,21,22). The van der Waals surface area contributed by atoms with E-state index in [1.54, 1.807) is 25.3 Å². The van der Waals surface area contributed by atoms with Gasteiger partial charge >= 0.3 is 5.97 Å². The Bertz CT molecular complexity index is 866. The summed E-state index contributed by atoms with van der Waals surface area (Å²) in [5, 5.41) is 4.73. The van der Waals surface area contributed by atoms with Crippen LogP contribution in [0.4, 0.5) is 5.69 Å². The van der Waals surface area contributed by atoms with E-state index in [4.69, 9.17) is 16.3 Å². The normalized spacial score (nSPS) is 10.6. The molecule has 0 aliphatic rings. The van der Waals surface area contributed by atoms with Gasteiger partial charge in [-0.05, 0) is 30.7 Å². The Balaban J connectivity index is 2.04. The number of hydrogen-bond donors (Lipinski definition) is 1. The Kier molecular flexibility index (Phi) is 4.96. The maximum atomic E-state index is 12.3. The fraction of sp³-hybridized carbons (Fsp3) is 0.158. The number of pyridine rings is 1. The van der Waals surface area contributed by atoms with Crippen molar-refractivity contribution in [3.05, 3.63) is 70.9 Å². The van der Waals surface area contributed by atoms with E-state index >= 15 is 0 Å². The number of carbonyl (C=O) groups is 1. The number of rotatable bonds is 5. The third kappa shape index (κ3) is 3.49. The van der Waals surface area contributed by atoms with Crippen molar-refractivity contribution in [1.82, 2.24) is 4.98 Å². The van der Waals surface area contributed by atoms with E-state index in [2.05, 4.69) is 10.3 Å². The zero-order valence-corrected chi connectivity index (χ0v) is 14.0. The minimum atomic E-state index is -0.401. The molecule has 3 aromatic rings. The number of benzene rings is 2. The molecule has 122 valence electrons. The number of aromatic nitrogens is 1. The second-order valence-corrected chi connectivity index (χ2v) is 5.70. The average molecular weight is 341 g/mol. The molecule has 0 saturated carbocycles. The number of anilines is 1. The number of esters is 1. The van der Waals surface area contributed by atoms with Crippen LogP contribution >= 0.6 is 11.6 Å². The summed E-state index contributed by atoms with van der Waals surface area (Å²) in [6.07, 6.45) is 1.54. The predicted molar refractivity (Wildman–Crippen MR) is 96.5 cm³/mol. The Morgan fingerprint density at radius 3 is 2.75 bits per heavy atom. The number of nitrogens with one attached hydrogen (secondary N) is 1. The minimum Gasteiger partial charge on any atom is -0.462 e. The van der Waals surface area contributed by atoms with E-state index in [-0.39, 0.29) is 0 Å². The summed E-state index contributed by atoms with van der Waals surface area (Å²) in [6.45, 7) is 2.67. The van der Waals surface area contributed by atoms with Crippen molar-refractivity contribution in [3.8, 4) is 0 Å². The van der Waals surface area contributed by atoms with Gasteiger partial charge in [-0.1, -0.05) is 41.9 Å². The SMILES string of the molecule is CCOC(=O)c1cnc2ccc(Cl)cc2c1NCc1ccccc1. The summed E-state index contributed by atoms with van der Waals surface area (Å²) in [5.74, 6) is -0.401. The van der Waals surface area contributed by atoms with E-state index < -0.39 is 5.97 Å². The van der Waals surface area contributed by atoms with E-state index in [1.807, 2.05) is 36.4 Å². The van der Waals surface area contributed by atoms with Crippen molar-refractivity contribution in [3.63, 3.8) is 0 Å². The van der Waals surface area contributed by atoms with Gasteiger partial charge in [-0.25, -0.2) is 4.79 Å². The number of halogens is 1. The predicted octanol–water partition coefficient (Wildman–Crippen LogP) is 4.68. The van der Waals surface area contributed by atoms with E-state index in [0.29, 0.717) is 29.4 Å². The molecule has 0 bridgehead atoms. The first kappa shape index (κ1) is 16.3. The molecule has 1 heterocycles. The monoisotopic (exact) mass is 340 g/mol. The molecule has 5 heteroatoms. The summed E-state index contributed by atoms with van der Waals surface area (Å²) in [7, 11) is 0. The first-order chi connectivity index (χ1) is 11.7. The molecule has 0 aliphatic carbocycles. The molecule has 4 nitrogen and oxygen atoms in total. The van der Waals surface area contributed by atoms with E-state index in [1.165, 1.54) is 0 Å². The molecule has 1 aromatic heterocycles. The van der Waals surface area contributed by atoms with Gasteiger partial charge in [0.15, 0.2) is 0 Å². The van der Waals surface area contributed by atoms with Crippen LogP contribution in [0.5, 0.6) is 0 Å². The van der Waals surface area contributed by atoms with Gasteiger partial charge < -0.3 is 10.1 Å². The summed E-state index contributed by atoms with van der Waals surface area (Å²) in [6, 6.07) is 15.4. The summed E-state index contributed by atoms with van der Waals surface area (Å²) in [5.41, 5.74) is 2.97. The van der Waals surface area contributed by atoms with Crippen LogP contribution in [0.3, 0.4) is 0 Å². The van der Waals surface area contributed by atoms with Gasteiger partial charge in [0.1, 0.15) is 5.56 Å². The Morgan fingerprint density at radius 2 is 2.00 bits per heavy atom. The van der Waals surface area contributed by atoms with Crippen LogP contribution in [0, 0.1) is 0 Å². The molecule has 3 rings (SSSR count). The highest BCUT2D eigenvalue weighted by Gasteiger charge is 2.16. The summed E-state index contributed by atoms with van der Waals surface area (Å²) < 4.78 is 5.15. The maximum absolute atomic E-state index is 12.3. The lowest BCUT2D eigenvalue weighted by Gasteiger charge is -2.14. The van der Waals surface area contributed by atoms with Crippen molar-refractivity contribution in [2.24, 2.45) is 0 Å². The molecule has 2 aromatic carbocycles. The van der Waals surface area contributed by atoms with Gasteiger partial charge in [0.2, 0.25) is 0 Å². The molecule has 0 unspecified atom stereocenters. The zero-order chi connectivity index (χ0) is 16.9. The van der Waals surface area contributed by atoms with E-state index in [9.17, 15) is 4.79 Å². The quantitative estimate of drug-likeness (QED) is 0.685. The number of fused-ring (bicyclic) bond motifs is 1. The molecule has 0 aliphatic heterocycles. The van der Waals surface area contributed by atoms with Crippen molar-refractivity contribution >= 4 is 34.2 Å². The fourth-order valence-corrected chi connectivity index (χ4v) is 2.68. The smallest absolute Gasteiger partial charge is 0.341 e. The van der Waals surface area contributed by atoms with Crippen molar-refractivity contribution < 1.29 is 9.53 Å². The number of hydrogen-bond acceptors (Lipinski definition) is 4. The molecule has 0 fully saturated rings. The molecular formula is C19H17ClN2O2. The molecule has 0 saturated heterocycles. The van der Waals surface area contributed by atoms with Crippen LogP contribution < -0.4 is 5.32 Å². The Hall–Kier alpha value is -2.59. The van der Waals surface area contributed by atoms with Crippen LogP contribution in [0.15, 0.2) is 54.7 Å². The lowest BCUT2D eigenvalue weighted by Crippen LogP contribution is -2.11. The molecule has 24 heavy (non-hydrogen) atoms. The lowest BCUT2D eigenvalue weighted by atomic mass is 10.1. The molecule has 0 radical (unpaired) electrons. The van der Waals surface area contributed by atoms with Gasteiger partial charge in [-0.3, -0.25) is 4.98 Å². The van der Waals surface area contributed by atoms with Crippen LogP contribution in [-0.2, 0) is 11.3 Å². The highest BCUT2D eigenvalue weighted by atomic mass is 35.5. The van der Waals surface area contributed by atoms with Gasteiger partial charge in [-0.2, -0.15) is 0 Å². The molecule has 0 spiro atoms. The van der Waals surface area contributed by atoms with Crippen LogP contribution in [-0.4, -0.2) is 17.6 Å². The topological polar surface area (TPSA) is 51.2 Å². The third-order valence-electron chi connectivity index (χ3n) is 3.64. The largest absolute Gasteiger partial charge is 0.462 e. The van der Waals surface area contributed by atoms with Crippen LogP contribution in [0.1, 0.15) is 22.8 Å². The highest BCUT2D eigenvalue weighted by molar-refractivity contribution is 6.31. The van der Waals surface area contributed by atoms with Crippen molar-refractivity contribution in [2.75, 3.05) is 11.9 Å². The second kappa shape index (κ2) is 7.32. The van der Waals surface area contributed by atoms with Gasteiger partial charge in [0, 0.05) is 23.2 Å². The second-order valence-electron chi connectivity index (χ2n) is 5.27. The number of nitrogens with zero attached hydrogens (tertiary/aromatic N) is 1. The molecule has 0 atom stereocenters. The van der Waals surface area contributed by atoms with E-state index in [0.717, 1.165) is 16.5 Å². The Labute approximate surface area is 145 Å². The lowest BCUT2D eigenvalue weighted by molar-refractivity contribution is 0.0527. The molecule has 1 N–H and O–H groups in total. The van der Waals surface area contributed by atoms with Crippen molar-refractivity contribution in [2.45, 2.75) is 13.5 Å². The number of carbonyl (C=O) groups excluding carboxylic acids is 1. The van der Waals surface area contributed by atoms with Gasteiger partial charge in [-0.15, -0.1) is 0 Å². The van der Waals surface area contributed by atoms with Crippen LogP contribution in [0.25, 0.3) is 10.9 Å². The first-order valence-corrected chi connectivity index (χ1v) is 8.10. The minimum absolute atomic E-state index is 0.310.